The minimum Gasteiger partial charge on any atom is -0.496 e. The average molecular weight is 441 g/mol. The van der Waals surface area contributed by atoms with E-state index in [0.29, 0.717) is 12.8 Å². The molecule has 1 aliphatic carbocycles. The van der Waals surface area contributed by atoms with E-state index < -0.39 is 35.7 Å². The molecule has 1 atom stereocenters. The van der Waals surface area contributed by atoms with Crippen molar-refractivity contribution in [2.24, 2.45) is 0 Å². The van der Waals surface area contributed by atoms with Crippen molar-refractivity contribution in [3.05, 3.63) is 53.3 Å². The van der Waals surface area contributed by atoms with Gasteiger partial charge in [-0.15, -0.1) is 0 Å². The Morgan fingerprint density at radius 3 is 2.42 bits per heavy atom. The Morgan fingerprint density at radius 2 is 1.87 bits per heavy atom. The summed E-state index contributed by atoms with van der Waals surface area (Å²) in [6.07, 6.45) is -6.58. The molecule has 0 aliphatic heterocycles. The van der Waals surface area contributed by atoms with Crippen LogP contribution in [-0.4, -0.2) is 36.5 Å². The highest BCUT2D eigenvalue weighted by Gasteiger charge is 2.44. The van der Waals surface area contributed by atoms with Crippen molar-refractivity contribution < 1.29 is 41.7 Å². The Labute approximate surface area is 174 Å². The molecule has 1 saturated carbocycles. The van der Waals surface area contributed by atoms with E-state index in [1.54, 1.807) is 0 Å². The number of alkyl halides is 3. The van der Waals surface area contributed by atoms with Gasteiger partial charge in [-0.1, -0.05) is 12.1 Å². The second-order valence-corrected chi connectivity index (χ2v) is 7.06. The number of rotatable bonds is 6. The fourth-order valence-electron chi connectivity index (χ4n) is 3.15. The molecule has 0 aromatic heterocycles. The predicted molar refractivity (Wildman–Crippen MR) is 101 cm³/mol. The number of ether oxygens (including phenoxy) is 2. The highest BCUT2D eigenvalue weighted by molar-refractivity contribution is 5.92. The zero-order valence-corrected chi connectivity index (χ0v) is 16.3. The largest absolute Gasteiger partial charge is 0.496 e. The van der Waals surface area contributed by atoms with Crippen molar-refractivity contribution in [1.29, 1.82) is 0 Å². The van der Waals surface area contributed by atoms with Gasteiger partial charge in [-0.3, -0.25) is 0 Å². The predicted octanol–water partition coefficient (Wildman–Crippen LogP) is 5.08. The Balaban J connectivity index is 1.96. The van der Waals surface area contributed by atoms with Crippen LogP contribution < -0.4 is 10.1 Å². The van der Waals surface area contributed by atoms with Crippen LogP contribution in [-0.2, 0) is 4.74 Å². The molecule has 0 radical (unpaired) electrons. The first-order chi connectivity index (χ1) is 14.6. The number of carboxylic acids is 1. The molecule has 0 unspecified atom stereocenters. The van der Waals surface area contributed by atoms with E-state index in [4.69, 9.17) is 4.74 Å². The molecule has 166 valence electrons. The lowest BCUT2D eigenvalue weighted by atomic mass is 9.93. The number of aromatic carboxylic acids is 1. The quantitative estimate of drug-likeness (QED) is 0.611. The van der Waals surface area contributed by atoms with Crippen molar-refractivity contribution in [3.8, 4) is 16.9 Å². The smallest absolute Gasteiger partial charge is 0.429 e. The zero-order chi connectivity index (χ0) is 22.8. The summed E-state index contributed by atoms with van der Waals surface area (Å²) in [6, 6.07) is 6.03. The van der Waals surface area contributed by atoms with Crippen LogP contribution >= 0.6 is 0 Å². The van der Waals surface area contributed by atoms with Gasteiger partial charge in [0, 0.05) is 17.2 Å². The summed E-state index contributed by atoms with van der Waals surface area (Å²) in [5.41, 5.74) is -1.04. The minimum absolute atomic E-state index is 0.0111. The number of methoxy groups -OCH3 is 1. The van der Waals surface area contributed by atoms with Crippen LogP contribution in [0.25, 0.3) is 11.1 Å². The second kappa shape index (κ2) is 8.83. The van der Waals surface area contributed by atoms with Gasteiger partial charge in [-0.25, -0.2) is 14.0 Å². The molecular weight excluding hydrogens is 422 g/mol. The lowest BCUT2D eigenvalue weighted by molar-refractivity contribution is -0.206. The van der Waals surface area contributed by atoms with Crippen molar-refractivity contribution >= 4 is 12.1 Å². The molecule has 0 saturated heterocycles. The third-order valence-electron chi connectivity index (χ3n) is 4.98. The summed E-state index contributed by atoms with van der Waals surface area (Å²) in [5.74, 6) is -2.21. The van der Waals surface area contributed by atoms with Crippen molar-refractivity contribution in [3.63, 3.8) is 0 Å². The van der Waals surface area contributed by atoms with Crippen LogP contribution in [0.15, 0.2) is 36.4 Å². The van der Waals surface area contributed by atoms with Gasteiger partial charge < -0.3 is 19.9 Å². The van der Waals surface area contributed by atoms with Gasteiger partial charge >= 0.3 is 18.2 Å². The Kier molecular flexibility index (Phi) is 6.37. The number of hydrogen-bond donors (Lipinski definition) is 2. The summed E-state index contributed by atoms with van der Waals surface area (Å²) in [7, 11) is 1.25. The molecule has 31 heavy (non-hydrogen) atoms. The molecule has 1 aliphatic rings. The molecule has 2 aromatic carbocycles. The van der Waals surface area contributed by atoms with Crippen molar-refractivity contribution in [2.45, 2.75) is 37.6 Å². The van der Waals surface area contributed by atoms with Gasteiger partial charge in [0.15, 0.2) is 0 Å². The summed E-state index contributed by atoms with van der Waals surface area (Å²) >= 11 is 0. The maximum absolute atomic E-state index is 14.4. The fraction of sp³-hybridized carbons (Fsp3) is 0.333. The number of carboxylic acid groups (broad SMARTS) is 1. The molecule has 1 fully saturated rings. The van der Waals surface area contributed by atoms with Gasteiger partial charge in [0.1, 0.15) is 17.1 Å². The van der Waals surface area contributed by atoms with E-state index in [9.17, 15) is 32.3 Å². The van der Waals surface area contributed by atoms with Gasteiger partial charge in [0.25, 0.3) is 0 Å². The normalized spacial score (nSPS) is 15.0. The zero-order valence-electron chi connectivity index (χ0n) is 16.3. The summed E-state index contributed by atoms with van der Waals surface area (Å²) < 4.78 is 64.8. The number of nitrogens with one attached hydrogen (secondary N) is 1. The number of amides is 1. The number of alkyl carbamates (subject to hydrolysis) is 1. The van der Waals surface area contributed by atoms with E-state index in [1.165, 1.54) is 19.2 Å². The van der Waals surface area contributed by atoms with Gasteiger partial charge in [0.05, 0.1) is 7.11 Å². The Hall–Kier alpha value is -3.30. The molecule has 2 aromatic rings. The average Bonchev–Trinajstić information content (AvgIpc) is 2.68. The second-order valence-electron chi connectivity index (χ2n) is 7.06. The van der Waals surface area contributed by atoms with E-state index in [-0.39, 0.29) is 28.5 Å². The van der Waals surface area contributed by atoms with Crippen LogP contribution in [0.3, 0.4) is 0 Å². The monoisotopic (exact) mass is 441 g/mol. The van der Waals surface area contributed by atoms with E-state index in [0.717, 1.165) is 30.7 Å². The summed E-state index contributed by atoms with van der Waals surface area (Å²) in [6.45, 7) is 0. The van der Waals surface area contributed by atoms with E-state index in [1.807, 2.05) is 0 Å². The molecule has 6 nitrogen and oxygen atoms in total. The van der Waals surface area contributed by atoms with Crippen LogP contribution in [0.4, 0.5) is 22.4 Å². The highest BCUT2D eigenvalue weighted by atomic mass is 19.4. The van der Waals surface area contributed by atoms with Crippen LogP contribution in [0.5, 0.6) is 5.75 Å². The van der Waals surface area contributed by atoms with E-state index in [2.05, 4.69) is 10.1 Å². The third kappa shape index (κ3) is 5.07. The first-order valence-corrected chi connectivity index (χ1v) is 9.35. The lowest BCUT2D eigenvalue weighted by Crippen LogP contribution is -2.41. The van der Waals surface area contributed by atoms with E-state index >= 15 is 0 Å². The summed E-state index contributed by atoms with van der Waals surface area (Å²) in [5, 5.41) is 11.7. The Morgan fingerprint density at radius 1 is 1.16 bits per heavy atom. The number of carbonyl (C=O) groups is 2. The molecule has 3 rings (SSSR count). The molecule has 2 N–H and O–H groups in total. The number of halogens is 4. The maximum atomic E-state index is 14.4. The number of carbonyl (C=O) groups excluding carboxylic acids is 1. The minimum atomic E-state index is -4.95. The number of hydrogen-bond acceptors (Lipinski definition) is 4. The molecule has 0 heterocycles. The number of benzene rings is 2. The fourth-order valence-corrected chi connectivity index (χ4v) is 3.15. The van der Waals surface area contributed by atoms with Gasteiger partial charge in [-0.05, 0) is 49.1 Å². The molecular formula is C21H19F4NO5. The molecule has 0 bridgehead atoms. The van der Waals surface area contributed by atoms with Gasteiger partial charge in [0.2, 0.25) is 6.10 Å². The summed E-state index contributed by atoms with van der Waals surface area (Å²) in [4.78, 5) is 23.3. The Bertz CT molecular complexity index is 988. The molecule has 10 heteroatoms. The van der Waals surface area contributed by atoms with Gasteiger partial charge in [-0.2, -0.15) is 13.2 Å². The highest BCUT2D eigenvalue weighted by Crippen LogP contribution is 2.38. The lowest BCUT2D eigenvalue weighted by Gasteiger charge is -2.28. The topological polar surface area (TPSA) is 84.9 Å². The maximum Gasteiger partial charge on any atom is 0.429 e. The first kappa shape index (κ1) is 22.4. The van der Waals surface area contributed by atoms with Crippen LogP contribution in [0.1, 0.15) is 41.3 Å². The SMILES string of the molecule is COc1ccc(-c2cc([C@H](OC(=O)NC3CCC3)C(F)(F)F)ccc2F)cc1C(=O)O. The third-order valence-corrected chi connectivity index (χ3v) is 4.98. The van der Waals surface area contributed by atoms with Crippen molar-refractivity contribution in [2.75, 3.05) is 7.11 Å². The van der Waals surface area contributed by atoms with Crippen LogP contribution in [0, 0.1) is 5.82 Å². The van der Waals surface area contributed by atoms with Crippen LogP contribution in [0.2, 0.25) is 0 Å². The molecule has 0 spiro atoms. The standard InChI is InChI=1S/C21H19F4NO5/c1-30-17-8-6-11(9-15(17)19(27)28)14-10-12(5-7-16(14)22)18(21(23,24)25)31-20(29)26-13-3-2-4-13/h5-10,13,18H,2-4H2,1H3,(H,26,29)(H,27,28)/t18-/m0/s1. The van der Waals surface area contributed by atoms with Crippen molar-refractivity contribution in [1.82, 2.24) is 5.32 Å². The first-order valence-electron chi connectivity index (χ1n) is 9.35. The molecule has 1 amide bonds.